The fourth-order valence-corrected chi connectivity index (χ4v) is 4.24. The predicted molar refractivity (Wildman–Crippen MR) is 91.6 cm³/mol. The zero-order chi connectivity index (χ0) is 17.6. The maximum Gasteiger partial charge on any atom is 0.267 e. The molecule has 0 aliphatic rings. The first-order valence-corrected chi connectivity index (χ1v) is 9.11. The van der Waals surface area contributed by atoms with Crippen LogP contribution in [0, 0.1) is 13.8 Å². The van der Waals surface area contributed by atoms with Crippen LogP contribution >= 0.6 is 0 Å². The molecule has 8 heteroatoms. The average Bonchev–Trinajstić information content (AvgIpc) is 2.99. The minimum absolute atomic E-state index is 0.0755. The molecule has 3 rings (SSSR count). The van der Waals surface area contributed by atoms with E-state index in [-0.39, 0.29) is 16.6 Å². The van der Waals surface area contributed by atoms with Crippen molar-refractivity contribution in [2.75, 3.05) is 4.72 Å². The molecule has 0 aliphatic heterocycles. The van der Waals surface area contributed by atoms with Crippen molar-refractivity contribution in [3.05, 3.63) is 35.5 Å². The van der Waals surface area contributed by atoms with Crippen LogP contribution in [0.5, 0.6) is 0 Å². The lowest BCUT2D eigenvalue weighted by Crippen LogP contribution is -2.14. The van der Waals surface area contributed by atoms with Gasteiger partial charge in [0.05, 0.1) is 16.7 Å². The number of rotatable bonds is 4. The highest BCUT2D eigenvalue weighted by Gasteiger charge is 2.24. The Hall–Kier alpha value is -2.35. The van der Waals surface area contributed by atoms with Crippen molar-refractivity contribution in [3.63, 3.8) is 0 Å². The highest BCUT2D eigenvalue weighted by molar-refractivity contribution is 7.92. The van der Waals surface area contributed by atoms with Gasteiger partial charge in [-0.1, -0.05) is 19.0 Å². The summed E-state index contributed by atoms with van der Waals surface area (Å²) in [5.41, 5.74) is 2.50. The van der Waals surface area contributed by atoms with Crippen molar-refractivity contribution >= 4 is 26.7 Å². The third kappa shape index (κ3) is 2.66. The van der Waals surface area contributed by atoms with Gasteiger partial charge in [0.25, 0.3) is 10.0 Å². The molecule has 128 valence electrons. The number of imidazole rings is 1. The molecule has 7 nitrogen and oxygen atoms in total. The molecule has 0 bridgehead atoms. The van der Waals surface area contributed by atoms with Gasteiger partial charge < -0.3 is 9.09 Å². The van der Waals surface area contributed by atoms with E-state index in [0.717, 1.165) is 16.9 Å². The molecule has 2 heterocycles. The van der Waals surface area contributed by atoms with Gasteiger partial charge in [0, 0.05) is 13.0 Å². The summed E-state index contributed by atoms with van der Waals surface area (Å²) in [6, 6.07) is 5.32. The summed E-state index contributed by atoms with van der Waals surface area (Å²) in [6.07, 6.45) is 0. The molecule has 0 fully saturated rings. The number of hydrogen-bond acceptors (Lipinski definition) is 5. The summed E-state index contributed by atoms with van der Waals surface area (Å²) < 4.78 is 34.7. The average molecular weight is 348 g/mol. The van der Waals surface area contributed by atoms with Crippen LogP contribution in [-0.4, -0.2) is 23.1 Å². The highest BCUT2D eigenvalue weighted by Crippen LogP contribution is 2.26. The second-order valence-corrected chi connectivity index (χ2v) is 7.77. The Morgan fingerprint density at radius 1 is 1.25 bits per heavy atom. The monoisotopic (exact) mass is 348 g/mol. The van der Waals surface area contributed by atoms with E-state index >= 15 is 0 Å². The van der Waals surface area contributed by atoms with Crippen molar-refractivity contribution in [1.29, 1.82) is 0 Å². The van der Waals surface area contributed by atoms with E-state index in [4.69, 9.17) is 4.52 Å². The SMILES string of the molecule is Cc1noc(C)c1S(=O)(=O)Nc1ccc2c(c1)nc(C(C)C)n2C. The number of aryl methyl sites for hydroxylation is 3. The summed E-state index contributed by atoms with van der Waals surface area (Å²) in [7, 11) is -1.80. The molecule has 0 amide bonds. The van der Waals surface area contributed by atoms with E-state index < -0.39 is 10.0 Å². The Bertz CT molecular complexity index is 996. The van der Waals surface area contributed by atoms with E-state index in [9.17, 15) is 8.42 Å². The van der Waals surface area contributed by atoms with E-state index in [0.29, 0.717) is 11.4 Å². The molecule has 24 heavy (non-hydrogen) atoms. The minimum atomic E-state index is -3.76. The maximum atomic E-state index is 12.6. The Morgan fingerprint density at radius 2 is 1.96 bits per heavy atom. The topological polar surface area (TPSA) is 90.0 Å². The fraction of sp³-hybridized carbons (Fsp3) is 0.375. The van der Waals surface area contributed by atoms with Gasteiger partial charge >= 0.3 is 0 Å². The lowest BCUT2D eigenvalue weighted by Gasteiger charge is -2.07. The van der Waals surface area contributed by atoms with Crippen LogP contribution in [0.15, 0.2) is 27.6 Å². The molecule has 2 aromatic heterocycles. The third-order valence-electron chi connectivity index (χ3n) is 3.92. The van der Waals surface area contributed by atoms with Crippen molar-refractivity contribution in [1.82, 2.24) is 14.7 Å². The van der Waals surface area contributed by atoms with Crippen LogP contribution in [0.2, 0.25) is 0 Å². The van der Waals surface area contributed by atoms with Crippen molar-refractivity contribution in [2.24, 2.45) is 7.05 Å². The number of benzene rings is 1. The van der Waals surface area contributed by atoms with Crippen LogP contribution < -0.4 is 4.72 Å². The first-order chi connectivity index (χ1) is 11.2. The van der Waals surface area contributed by atoms with E-state index in [1.54, 1.807) is 26.0 Å². The first kappa shape index (κ1) is 16.5. The summed E-state index contributed by atoms with van der Waals surface area (Å²) in [5, 5.41) is 3.70. The second-order valence-electron chi connectivity index (χ2n) is 6.15. The molecule has 0 saturated carbocycles. The third-order valence-corrected chi connectivity index (χ3v) is 5.55. The van der Waals surface area contributed by atoms with Gasteiger partial charge in [-0.2, -0.15) is 0 Å². The predicted octanol–water partition coefficient (Wildman–Crippen LogP) is 3.10. The Kier molecular flexibility index (Phi) is 3.87. The van der Waals surface area contributed by atoms with Crippen LogP contribution in [0.25, 0.3) is 11.0 Å². The summed E-state index contributed by atoms with van der Waals surface area (Å²) in [6.45, 7) is 7.32. The van der Waals surface area contributed by atoms with Gasteiger partial charge in [-0.05, 0) is 32.0 Å². The quantitative estimate of drug-likeness (QED) is 0.782. The number of sulfonamides is 1. The van der Waals surface area contributed by atoms with Gasteiger partial charge in [-0.3, -0.25) is 4.72 Å². The summed E-state index contributed by atoms with van der Waals surface area (Å²) >= 11 is 0. The zero-order valence-corrected chi connectivity index (χ0v) is 15.1. The standard InChI is InChI=1S/C16H20N4O3S/c1-9(2)16-17-13-8-12(6-7-14(13)20(16)5)19-24(21,22)15-10(3)18-23-11(15)4/h6-9,19H,1-5H3. The normalized spacial score (nSPS) is 12.2. The molecule has 0 spiro atoms. The van der Waals surface area contributed by atoms with Gasteiger partial charge in [0.15, 0.2) is 10.7 Å². The smallest absolute Gasteiger partial charge is 0.267 e. The number of fused-ring (bicyclic) bond motifs is 1. The Morgan fingerprint density at radius 3 is 2.54 bits per heavy atom. The maximum absolute atomic E-state index is 12.6. The largest absolute Gasteiger partial charge is 0.360 e. The van der Waals surface area contributed by atoms with Crippen LogP contribution in [0.4, 0.5) is 5.69 Å². The number of nitrogens with zero attached hydrogens (tertiary/aromatic N) is 3. The van der Waals surface area contributed by atoms with Crippen LogP contribution in [-0.2, 0) is 17.1 Å². The number of aromatic nitrogens is 3. The molecule has 0 saturated heterocycles. The van der Waals surface area contributed by atoms with E-state index in [2.05, 4.69) is 28.7 Å². The van der Waals surface area contributed by atoms with Gasteiger partial charge in [0.2, 0.25) is 0 Å². The summed E-state index contributed by atoms with van der Waals surface area (Å²) in [5.74, 6) is 1.50. The second kappa shape index (κ2) is 5.62. The molecule has 0 atom stereocenters. The Labute approximate surface area is 140 Å². The Balaban J connectivity index is 2.02. The van der Waals surface area contributed by atoms with Gasteiger partial charge in [-0.15, -0.1) is 0 Å². The van der Waals surface area contributed by atoms with Crippen molar-refractivity contribution in [2.45, 2.75) is 38.5 Å². The number of hydrogen-bond donors (Lipinski definition) is 1. The summed E-state index contributed by atoms with van der Waals surface area (Å²) in [4.78, 5) is 4.67. The molecule has 1 N–H and O–H groups in total. The van der Waals surface area contributed by atoms with Gasteiger partial charge in [-0.25, -0.2) is 13.4 Å². The molecule has 0 aliphatic carbocycles. The van der Waals surface area contributed by atoms with Gasteiger partial charge in [0.1, 0.15) is 11.5 Å². The van der Waals surface area contributed by atoms with Crippen molar-refractivity contribution < 1.29 is 12.9 Å². The molecule has 1 aromatic carbocycles. The highest BCUT2D eigenvalue weighted by atomic mass is 32.2. The van der Waals surface area contributed by atoms with Crippen molar-refractivity contribution in [3.8, 4) is 0 Å². The lowest BCUT2D eigenvalue weighted by molar-refractivity contribution is 0.390. The number of anilines is 1. The molecule has 0 radical (unpaired) electrons. The molecular formula is C16H20N4O3S. The fourth-order valence-electron chi connectivity index (χ4n) is 2.86. The molecular weight excluding hydrogens is 328 g/mol. The van der Waals surface area contributed by atoms with E-state index in [1.807, 2.05) is 17.7 Å². The molecule has 3 aromatic rings. The van der Waals surface area contributed by atoms with E-state index in [1.165, 1.54) is 0 Å². The minimum Gasteiger partial charge on any atom is -0.360 e. The van der Waals surface area contributed by atoms with Crippen LogP contribution in [0.3, 0.4) is 0 Å². The molecule has 0 unspecified atom stereocenters. The van der Waals surface area contributed by atoms with Crippen LogP contribution in [0.1, 0.15) is 37.0 Å². The zero-order valence-electron chi connectivity index (χ0n) is 14.3. The first-order valence-electron chi connectivity index (χ1n) is 7.62. The number of nitrogens with one attached hydrogen (secondary N) is 1. The lowest BCUT2D eigenvalue weighted by atomic mass is 10.2.